The molecule has 29 heavy (non-hydrogen) atoms. The van der Waals surface area contributed by atoms with E-state index in [1.165, 1.54) is 0 Å². The van der Waals surface area contributed by atoms with Crippen LogP contribution in [0.2, 0.25) is 0 Å². The number of carbonyl (C=O) groups is 2. The maximum Gasteiger partial charge on any atom is 0.306 e. The van der Waals surface area contributed by atoms with E-state index in [2.05, 4.69) is 18.0 Å². The molecule has 0 aliphatic rings. The van der Waals surface area contributed by atoms with Crippen molar-refractivity contribution in [2.45, 2.75) is 97.0 Å². The Bertz CT molecular complexity index is 524. The van der Waals surface area contributed by atoms with E-state index in [1.54, 1.807) is 0 Å². The summed E-state index contributed by atoms with van der Waals surface area (Å²) in [7, 11) is -4.93. The van der Waals surface area contributed by atoms with Crippen LogP contribution in [0.5, 0.6) is 0 Å². The Balaban J connectivity index is 0. The molecule has 0 heterocycles. The molecule has 10 heteroatoms. The minimum absolute atomic E-state index is 0. The second-order valence-corrected chi connectivity index (χ2v) is 7.87. The van der Waals surface area contributed by atoms with Crippen molar-refractivity contribution in [2.24, 2.45) is 0 Å². The fourth-order valence-corrected chi connectivity index (χ4v) is 2.84. The van der Waals surface area contributed by atoms with Crippen LogP contribution in [0.15, 0.2) is 0 Å². The summed E-state index contributed by atoms with van der Waals surface area (Å²) < 4.78 is 46.2. The molecule has 174 valence electrons. The molecule has 0 rings (SSSR count). The van der Waals surface area contributed by atoms with E-state index in [9.17, 15) is 22.6 Å². The topological polar surface area (TPSA) is 156 Å². The predicted molar refractivity (Wildman–Crippen MR) is 109 cm³/mol. The van der Waals surface area contributed by atoms with E-state index in [-0.39, 0.29) is 25.6 Å². The predicted octanol–water partition coefficient (Wildman–Crippen LogP) is 4.02. The average Bonchev–Trinajstić information content (AvgIpc) is 2.63. The number of carbonyl (C=O) groups excluding carboxylic acids is 2. The highest BCUT2D eigenvalue weighted by Crippen LogP contribution is 2.09. The SMILES string of the molecule is CCCCCCCC(=O)OCC(COS(=O)(=O)[O-])OC(=O)CCCCCCC.[NH4+]. The van der Waals surface area contributed by atoms with E-state index in [4.69, 9.17) is 9.47 Å². The maximum absolute atomic E-state index is 11.9. The number of quaternary nitrogens is 1. The molecule has 1 atom stereocenters. The lowest BCUT2D eigenvalue weighted by Gasteiger charge is -2.19. The summed E-state index contributed by atoms with van der Waals surface area (Å²) in [5.41, 5.74) is 0. The Labute approximate surface area is 175 Å². The zero-order valence-electron chi connectivity index (χ0n) is 18.2. The Morgan fingerprint density at radius 2 is 1.28 bits per heavy atom. The van der Waals surface area contributed by atoms with Crippen LogP contribution in [0.3, 0.4) is 0 Å². The van der Waals surface area contributed by atoms with Crippen molar-refractivity contribution in [2.75, 3.05) is 13.2 Å². The highest BCUT2D eigenvalue weighted by atomic mass is 32.3. The van der Waals surface area contributed by atoms with Crippen LogP contribution in [0.4, 0.5) is 0 Å². The number of ether oxygens (including phenoxy) is 2. The molecule has 0 aromatic rings. The monoisotopic (exact) mass is 441 g/mol. The minimum atomic E-state index is -4.93. The van der Waals surface area contributed by atoms with Crippen molar-refractivity contribution < 1.29 is 36.2 Å². The summed E-state index contributed by atoms with van der Waals surface area (Å²) in [5, 5.41) is 0. The summed E-state index contributed by atoms with van der Waals surface area (Å²) in [6, 6.07) is 0. The van der Waals surface area contributed by atoms with Gasteiger partial charge in [-0.25, -0.2) is 8.42 Å². The van der Waals surface area contributed by atoms with Gasteiger partial charge in [0.25, 0.3) is 0 Å². The van der Waals surface area contributed by atoms with Gasteiger partial charge in [0, 0.05) is 12.8 Å². The number of unbranched alkanes of at least 4 members (excludes halogenated alkanes) is 8. The lowest BCUT2D eigenvalue weighted by Crippen LogP contribution is -2.30. The van der Waals surface area contributed by atoms with Crippen molar-refractivity contribution in [3.05, 3.63) is 0 Å². The van der Waals surface area contributed by atoms with E-state index < -0.39 is 35.0 Å². The molecule has 0 aliphatic heterocycles. The van der Waals surface area contributed by atoms with E-state index >= 15 is 0 Å². The fourth-order valence-electron chi connectivity index (χ4n) is 2.52. The number of rotatable bonds is 18. The van der Waals surface area contributed by atoms with Crippen LogP contribution in [0, 0.1) is 0 Å². The third-order valence-corrected chi connectivity index (χ3v) is 4.52. The third-order valence-electron chi connectivity index (χ3n) is 4.10. The van der Waals surface area contributed by atoms with Crippen molar-refractivity contribution >= 4 is 22.3 Å². The highest BCUT2D eigenvalue weighted by Gasteiger charge is 2.18. The van der Waals surface area contributed by atoms with Gasteiger partial charge in [-0.3, -0.25) is 13.8 Å². The lowest BCUT2D eigenvalue weighted by molar-refractivity contribution is -0.161. The Morgan fingerprint density at radius 1 is 0.793 bits per heavy atom. The number of hydrogen-bond acceptors (Lipinski definition) is 8. The molecule has 0 saturated carbocycles. The smallest absolute Gasteiger partial charge is 0.306 e. The fraction of sp³-hybridized carbons (Fsp3) is 0.895. The largest absolute Gasteiger partial charge is 0.726 e. The second-order valence-electron chi connectivity index (χ2n) is 6.82. The van der Waals surface area contributed by atoms with Crippen molar-refractivity contribution in [3.8, 4) is 0 Å². The molecule has 0 saturated heterocycles. The summed E-state index contributed by atoms with van der Waals surface area (Å²) in [4.78, 5) is 23.6. The van der Waals surface area contributed by atoms with Crippen molar-refractivity contribution in [3.63, 3.8) is 0 Å². The first-order valence-electron chi connectivity index (χ1n) is 10.2. The molecular formula is C19H39NO8S. The van der Waals surface area contributed by atoms with Gasteiger partial charge in [0.2, 0.25) is 10.4 Å². The van der Waals surface area contributed by atoms with Gasteiger partial charge in [0.1, 0.15) is 13.2 Å². The first-order chi connectivity index (χ1) is 13.3. The summed E-state index contributed by atoms with van der Waals surface area (Å²) in [6.07, 6.45) is 8.97. The van der Waals surface area contributed by atoms with Gasteiger partial charge in [-0.2, -0.15) is 0 Å². The summed E-state index contributed by atoms with van der Waals surface area (Å²) in [6.45, 7) is 3.18. The number of hydrogen-bond donors (Lipinski definition) is 1. The molecule has 1 unspecified atom stereocenters. The molecule has 0 radical (unpaired) electrons. The zero-order chi connectivity index (χ0) is 21.3. The highest BCUT2D eigenvalue weighted by molar-refractivity contribution is 7.80. The van der Waals surface area contributed by atoms with Crippen molar-refractivity contribution in [1.82, 2.24) is 6.15 Å². The molecule has 0 bridgehead atoms. The Kier molecular flexibility index (Phi) is 19.4. The quantitative estimate of drug-likeness (QED) is 0.145. The van der Waals surface area contributed by atoms with Crippen LogP contribution in [-0.4, -0.2) is 44.2 Å². The van der Waals surface area contributed by atoms with Crippen LogP contribution in [-0.2, 0) is 33.6 Å². The Morgan fingerprint density at radius 3 is 1.76 bits per heavy atom. The van der Waals surface area contributed by atoms with Gasteiger partial charge < -0.3 is 20.2 Å². The first-order valence-corrected chi connectivity index (χ1v) is 11.6. The summed E-state index contributed by atoms with van der Waals surface area (Å²) in [5.74, 6) is -0.994. The normalized spacial score (nSPS) is 12.1. The molecule has 0 aromatic carbocycles. The third kappa shape index (κ3) is 21.3. The second kappa shape index (κ2) is 18.8. The zero-order valence-corrected chi connectivity index (χ0v) is 19.0. The molecule has 9 nitrogen and oxygen atoms in total. The van der Waals surface area contributed by atoms with E-state index in [1.807, 2.05) is 0 Å². The Hall–Kier alpha value is -1.23. The van der Waals surface area contributed by atoms with Crippen LogP contribution in [0.25, 0.3) is 0 Å². The number of esters is 2. The molecule has 0 aromatic heterocycles. The van der Waals surface area contributed by atoms with Crippen LogP contribution in [0.1, 0.15) is 90.9 Å². The van der Waals surface area contributed by atoms with Gasteiger partial charge in [-0.05, 0) is 12.8 Å². The van der Waals surface area contributed by atoms with E-state index in [0.717, 1.165) is 51.4 Å². The molecule has 0 aliphatic carbocycles. The van der Waals surface area contributed by atoms with Gasteiger partial charge in [-0.15, -0.1) is 0 Å². The molecule has 0 spiro atoms. The average molecular weight is 442 g/mol. The van der Waals surface area contributed by atoms with Crippen molar-refractivity contribution in [1.29, 1.82) is 0 Å². The van der Waals surface area contributed by atoms with Gasteiger partial charge in [0.15, 0.2) is 6.10 Å². The van der Waals surface area contributed by atoms with Crippen LogP contribution < -0.4 is 6.15 Å². The standard InChI is InChI=1S/C19H36O8S.H3N/c1-3-5-7-9-11-13-18(20)25-15-17(16-26-28(22,23)24)27-19(21)14-12-10-8-6-4-2;/h17H,3-16H2,1-2H3,(H,22,23,24);1H3. The maximum atomic E-state index is 11.9. The molecule has 4 N–H and O–H groups in total. The van der Waals surface area contributed by atoms with Gasteiger partial charge >= 0.3 is 11.9 Å². The summed E-state index contributed by atoms with van der Waals surface area (Å²) >= 11 is 0. The molecular weight excluding hydrogens is 402 g/mol. The minimum Gasteiger partial charge on any atom is -0.726 e. The molecule has 0 amide bonds. The molecule has 0 fully saturated rings. The van der Waals surface area contributed by atoms with E-state index in [0.29, 0.717) is 12.8 Å². The lowest BCUT2D eigenvalue weighted by atomic mass is 10.1. The van der Waals surface area contributed by atoms with Gasteiger partial charge in [0.05, 0.1) is 0 Å². The van der Waals surface area contributed by atoms with Gasteiger partial charge in [-0.1, -0.05) is 65.2 Å². The first kappa shape index (κ1) is 30.0. The van der Waals surface area contributed by atoms with Crippen LogP contribution >= 0.6 is 0 Å².